The minimum absolute atomic E-state index is 0.238. The zero-order valence-corrected chi connectivity index (χ0v) is 10.8. The van der Waals surface area contributed by atoms with E-state index in [4.69, 9.17) is 0 Å². The maximum Gasteiger partial charge on any atom is 0.416 e. The summed E-state index contributed by atoms with van der Waals surface area (Å²) in [5.74, 6) is 0. The zero-order valence-electron chi connectivity index (χ0n) is 9.22. The highest BCUT2D eigenvalue weighted by Crippen LogP contribution is 2.35. The standard InChI is InChI=1S/C11H10BrF3N2O/c12-8-3-2-7(11(13,14)15)6-9(8)17-5-1-4-16-10(17)18/h2-3,6H,1,4-5H2,(H,16,18). The Morgan fingerprint density at radius 2 is 2.06 bits per heavy atom. The van der Waals surface area contributed by atoms with E-state index < -0.39 is 11.7 Å². The average Bonchev–Trinajstić information content (AvgIpc) is 2.29. The summed E-state index contributed by atoms with van der Waals surface area (Å²) in [5.41, 5.74) is -0.527. The summed E-state index contributed by atoms with van der Waals surface area (Å²) in [6, 6.07) is 2.89. The molecule has 1 aliphatic heterocycles. The first-order chi connectivity index (χ1) is 8.39. The van der Waals surface area contributed by atoms with Crippen LogP contribution in [0.15, 0.2) is 22.7 Å². The molecule has 1 aromatic carbocycles. The van der Waals surface area contributed by atoms with Gasteiger partial charge in [-0.15, -0.1) is 0 Å². The van der Waals surface area contributed by atoms with Gasteiger partial charge in [-0.05, 0) is 40.5 Å². The summed E-state index contributed by atoms with van der Waals surface area (Å²) in [6.07, 6.45) is -3.71. The van der Waals surface area contributed by atoms with Gasteiger partial charge in [-0.3, -0.25) is 4.90 Å². The number of nitrogens with one attached hydrogen (secondary N) is 1. The van der Waals surface area contributed by atoms with Crippen molar-refractivity contribution in [3.05, 3.63) is 28.2 Å². The summed E-state index contributed by atoms with van der Waals surface area (Å²) in [6.45, 7) is 0.956. The molecule has 0 atom stereocenters. The zero-order chi connectivity index (χ0) is 13.3. The van der Waals surface area contributed by atoms with E-state index in [1.807, 2.05) is 0 Å². The number of halogens is 4. The second-order valence-electron chi connectivity index (χ2n) is 3.90. The van der Waals surface area contributed by atoms with Crippen LogP contribution >= 0.6 is 15.9 Å². The van der Waals surface area contributed by atoms with Crippen molar-refractivity contribution in [2.75, 3.05) is 18.0 Å². The number of hydrogen-bond donors (Lipinski definition) is 1. The minimum Gasteiger partial charge on any atom is -0.338 e. The van der Waals surface area contributed by atoms with E-state index in [-0.39, 0.29) is 11.7 Å². The highest BCUT2D eigenvalue weighted by atomic mass is 79.9. The van der Waals surface area contributed by atoms with Gasteiger partial charge < -0.3 is 5.32 Å². The number of carbonyl (C=O) groups excluding carboxylic acids is 1. The maximum absolute atomic E-state index is 12.6. The fraction of sp³-hybridized carbons (Fsp3) is 0.364. The maximum atomic E-state index is 12.6. The number of nitrogens with zero attached hydrogens (tertiary/aromatic N) is 1. The van der Waals surface area contributed by atoms with Gasteiger partial charge >= 0.3 is 12.2 Å². The molecule has 0 aliphatic carbocycles. The summed E-state index contributed by atoms with van der Waals surface area (Å²) < 4.78 is 38.4. The molecule has 3 nitrogen and oxygen atoms in total. The van der Waals surface area contributed by atoms with Crippen molar-refractivity contribution in [1.29, 1.82) is 0 Å². The number of urea groups is 1. The topological polar surface area (TPSA) is 32.3 Å². The fourth-order valence-corrected chi connectivity index (χ4v) is 2.22. The van der Waals surface area contributed by atoms with Gasteiger partial charge in [0.2, 0.25) is 0 Å². The van der Waals surface area contributed by atoms with Gasteiger partial charge in [0.15, 0.2) is 0 Å². The van der Waals surface area contributed by atoms with Crippen LogP contribution in [0, 0.1) is 0 Å². The number of amides is 2. The molecule has 1 saturated heterocycles. The first-order valence-corrected chi connectivity index (χ1v) is 6.11. The molecular weight excluding hydrogens is 313 g/mol. The van der Waals surface area contributed by atoms with Crippen LogP contribution in [-0.2, 0) is 6.18 Å². The van der Waals surface area contributed by atoms with Crippen LogP contribution in [0.3, 0.4) is 0 Å². The number of carbonyl (C=O) groups is 1. The van der Waals surface area contributed by atoms with Gasteiger partial charge in [0, 0.05) is 17.6 Å². The molecule has 1 aromatic rings. The number of benzene rings is 1. The largest absolute Gasteiger partial charge is 0.416 e. The quantitative estimate of drug-likeness (QED) is 0.844. The Morgan fingerprint density at radius 3 is 2.67 bits per heavy atom. The van der Waals surface area contributed by atoms with Gasteiger partial charge in [-0.2, -0.15) is 13.2 Å². The molecule has 18 heavy (non-hydrogen) atoms. The van der Waals surface area contributed by atoms with E-state index in [0.717, 1.165) is 12.1 Å². The van der Waals surface area contributed by atoms with Gasteiger partial charge in [0.25, 0.3) is 0 Å². The molecule has 1 heterocycles. The van der Waals surface area contributed by atoms with Crippen molar-refractivity contribution >= 4 is 27.6 Å². The van der Waals surface area contributed by atoms with Crippen molar-refractivity contribution in [3.8, 4) is 0 Å². The Kier molecular flexibility index (Phi) is 3.52. The average molecular weight is 323 g/mol. The number of anilines is 1. The van der Waals surface area contributed by atoms with Crippen molar-refractivity contribution in [2.45, 2.75) is 12.6 Å². The molecule has 0 aromatic heterocycles. The molecule has 1 aliphatic rings. The SMILES string of the molecule is O=C1NCCCN1c1cc(C(F)(F)F)ccc1Br. The van der Waals surface area contributed by atoms with Gasteiger partial charge in [0.1, 0.15) is 0 Å². The van der Waals surface area contributed by atoms with Crippen molar-refractivity contribution in [2.24, 2.45) is 0 Å². The van der Waals surface area contributed by atoms with Crippen LogP contribution in [0.2, 0.25) is 0 Å². The molecule has 0 unspecified atom stereocenters. The molecule has 0 bridgehead atoms. The Balaban J connectivity index is 2.40. The summed E-state index contributed by atoms with van der Waals surface area (Å²) in [7, 11) is 0. The molecule has 2 amide bonds. The van der Waals surface area contributed by atoms with Crippen LogP contribution in [-0.4, -0.2) is 19.1 Å². The molecule has 0 spiro atoms. The minimum atomic E-state index is -4.41. The van der Waals surface area contributed by atoms with Crippen LogP contribution in [0.4, 0.5) is 23.7 Å². The summed E-state index contributed by atoms with van der Waals surface area (Å²) in [4.78, 5) is 12.9. The highest BCUT2D eigenvalue weighted by molar-refractivity contribution is 9.10. The Labute approximate surface area is 110 Å². The van der Waals surface area contributed by atoms with Crippen molar-refractivity contribution < 1.29 is 18.0 Å². The van der Waals surface area contributed by atoms with Gasteiger partial charge in [-0.25, -0.2) is 4.79 Å². The lowest BCUT2D eigenvalue weighted by atomic mass is 10.1. The van der Waals surface area contributed by atoms with Crippen LogP contribution in [0.25, 0.3) is 0 Å². The van der Waals surface area contributed by atoms with E-state index in [9.17, 15) is 18.0 Å². The van der Waals surface area contributed by atoms with Gasteiger partial charge in [-0.1, -0.05) is 0 Å². The second kappa shape index (κ2) is 4.79. The smallest absolute Gasteiger partial charge is 0.338 e. The number of hydrogen-bond acceptors (Lipinski definition) is 1. The number of rotatable bonds is 1. The summed E-state index contributed by atoms with van der Waals surface area (Å²) in [5, 5.41) is 2.60. The van der Waals surface area contributed by atoms with E-state index in [0.29, 0.717) is 24.0 Å². The molecule has 98 valence electrons. The Hall–Kier alpha value is -1.24. The lowest BCUT2D eigenvalue weighted by molar-refractivity contribution is -0.137. The third kappa shape index (κ3) is 2.60. The molecule has 7 heteroatoms. The molecule has 2 rings (SSSR count). The third-order valence-electron chi connectivity index (χ3n) is 2.64. The van der Waals surface area contributed by atoms with E-state index >= 15 is 0 Å². The Morgan fingerprint density at radius 1 is 1.33 bits per heavy atom. The molecule has 1 N–H and O–H groups in total. The summed E-state index contributed by atoms with van der Waals surface area (Å²) >= 11 is 3.17. The van der Waals surface area contributed by atoms with E-state index in [1.54, 1.807) is 0 Å². The first-order valence-electron chi connectivity index (χ1n) is 5.32. The monoisotopic (exact) mass is 322 g/mol. The second-order valence-corrected chi connectivity index (χ2v) is 4.76. The van der Waals surface area contributed by atoms with Crippen LogP contribution in [0.1, 0.15) is 12.0 Å². The third-order valence-corrected chi connectivity index (χ3v) is 3.31. The molecular formula is C11H10BrF3N2O. The molecule has 0 radical (unpaired) electrons. The van der Waals surface area contributed by atoms with Crippen molar-refractivity contribution in [1.82, 2.24) is 5.32 Å². The van der Waals surface area contributed by atoms with Crippen LogP contribution in [0.5, 0.6) is 0 Å². The van der Waals surface area contributed by atoms with E-state index in [2.05, 4.69) is 21.2 Å². The first kappa shape index (κ1) is 13.2. The molecule has 1 fully saturated rings. The predicted octanol–water partition coefficient (Wildman–Crippen LogP) is 3.39. The fourth-order valence-electron chi connectivity index (χ4n) is 1.76. The highest BCUT2D eigenvalue weighted by Gasteiger charge is 2.32. The molecule has 0 saturated carbocycles. The lowest BCUT2D eigenvalue weighted by Gasteiger charge is -2.28. The Bertz CT molecular complexity index is 476. The predicted molar refractivity (Wildman–Crippen MR) is 64.5 cm³/mol. The van der Waals surface area contributed by atoms with Gasteiger partial charge in [0.05, 0.1) is 11.3 Å². The lowest BCUT2D eigenvalue weighted by Crippen LogP contribution is -2.46. The van der Waals surface area contributed by atoms with Crippen molar-refractivity contribution in [3.63, 3.8) is 0 Å². The normalized spacial score (nSPS) is 16.7. The van der Waals surface area contributed by atoms with E-state index in [1.165, 1.54) is 11.0 Å². The van der Waals surface area contributed by atoms with Crippen LogP contribution < -0.4 is 10.2 Å². The number of alkyl halides is 3.